The van der Waals surface area contributed by atoms with Crippen molar-refractivity contribution in [3.05, 3.63) is 86.7 Å². The second kappa shape index (κ2) is 14.2. The quantitative estimate of drug-likeness (QED) is 0.131. The van der Waals surface area contributed by atoms with Gasteiger partial charge in [-0.3, -0.25) is 9.69 Å². The molecule has 41 heavy (non-hydrogen) atoms. The molecule has 1 fully saturated rings. The smallest absolute Gasteiger partial charge is 0.335 e. The van der Waals surface area contributed by atoms with Crippen molar-refractivity contribution in [3.8, 4) is 22.6 Å². The maximum absolute atomic E-state index is 13.3. The van der Waals surface area contributed by atoms with Gasteiger partial charge in [0.05, 0.1) is 27.1 Å². The zero-order chi connectivity index (χ0) is 29.5. The summed E-state index contributed by atoms with van der Waals surface area (Å²) in [5, 5.41) is 9.95. The van der Waals surface area contributed by atoms with Gasteiger partial charge in [-0.05, 0) is 86.3 Å². The lowest BCUT2D eigenvalue weighted by Gasteiger charge is -2.15. The number of carbonyl (C=O) groups excluding carboxylic acids is 1. The zero-order valence-electron chi connectivity index (χ0n) is 22.4. The Bertz CT molecular complexity index is 1480. The minimum Gasteiger partial charge on any atom is -0.494 e. The highest BCUT2D eigenvalue weighted by atomic mass is 35.5. The molecule has 0 radical (unpaired) electrons. The number of hydrogen-bond donors (Lipinski definition) is 1. The van der Waals surface area contributed by atoms with Gasteiger partial charge in [0.15, 0.2) is 0 Å². The molecule has 7 nitrogen and oxygen atoms in total. The third-order valence-electron chi connectivity index (χ3n) is 6.12. The minimum absolute atomic E-state index is 0.176. The van der Waals surface area contributed by atoms with Gasteiger partial charge in [0.1, 0.15) is 22.4 Å². The van der Waals surface area contributed by atoms with Crippen LogP contribution in [0.5, 0.6) is 11.5 Å². The number of ether oxygens (including phenoxy) is 2. The minimum atomic E-state index is -0.993. The molecule has 1 aliphatic heterocycles. The Morgan fingerprint density at radius 1 is 1.00 bits per heavy atom. The standard InChI is InChI=1S/C30H28Cl2N2O5S2/c1-33(2)13-15-39-26-11-7-20(21-6-10-24(31)25(32)17-21)16-22(26)18-27-28(35)34(30(40)41-27)12-3-14-38-23-8-4-19(5-9-23)29(36)37/h4-11,16-18H,3,12-15H2,1-2H3,(H,36,37)/b27-18-. The molecular formula is C30H28Cl2N2O5S2. The molecule has 0 aromatic heterocycles. The number of rotatable bonds is 12. The number of aromatic carboxylic acids is 1. The molecule has 0 saturated carbocycles. The molecule has 0 bridgehead atoms. The zero-order valence-corrected chi connectivity index (χ0v) is 25.6. The number of halogens is 2. The van der Waals surface area contributed by atoms with Crippen LogP contribution in [-0.4, -0.2) is 71.5 Å². The topological polar surface area (TPSA) is 79.3 Å². The lowest BCUT2D eigenvalue weighted by Crippen LogP contribution is -2.29. The molecule has 11 heteroatoms. The molecule has 1 N–H and O–H groups in total. The van der Waals surface area contributed by atoms with Crippen LogP contribution in [-0.2, 0) is 4.79 Å². The van der Waals surface area contributed by atoms with Crippen molar-refractivity contribution in [3.63, 3.8) is 0 Å². The first-order chi connectivity index (χ1) is 19.6. The van der Waals surface area contributed by atoms with E-state index in [4.69, 9.17) is 50.0 Å². The van der Waals surface area contributed by atoms with Crippen LogP contribution in [0.15, 0.2) is 65.6 Å². The number of benzene rings is 3. The van der Waals surface area contributed by atoms with E-state index in [9.17, 15) is 9.59 Å². The van der Waals surface area contributed by atoms with Gasteiger partial charge in [0, 0.05) is 18.7 Å². The number of nitrogens with zero attached hydrogens (tertiary/aromatic N) is 2. The third kappa shape index (κ3) is 8.24. The van der Waals surface area contributed by atoms with Gasteiger partial charge in [0.2, 0.25) is 0 Å². The maximum atomic E-state index is 13.3. The fraction of sp³-hybridized carbons (Fsp3) is 0.233. The highest BCUT2D eigenvalue weighted by molar-refractivity contribution is 8.26. The van der Waals surface area contributed by atoms with Crippen LogP contribution < -0.4 is 9.47 Å². The normalized spacial score (nSPS) is 14.3. The third-order valence-corrected chi connectivity index (χ3v) is 8.23. The van der Waals surface area contributed by atoms with E-state index in [1.165, 1.54) is 23.9 Å². The average molecular weight is 632 g/mol. The monoisotopic (exact) mass is 630 g/mol. The lowest BCUT2D eigenvalue weighted by molar-refractivity contribution is -0.122. The van der Waals surface area contributed by atoms with Crippen molar-refractivity contribution in [1.29, 1.82) is 0 Å². The molecule has 3 aromatic carbocycles. The van der Waals surface area contributed by atoms with E-state index in [1.54, 1.807) is 29.2 Å². The van der Waals surface area contributed by atoms with Crippen molar-refractivity contribution in [1.82, 2.24) is 9.80 Å². The summed E-state index contributed by atoms with van der Waals surface area (Å²) in [6.45, 7) is 1.96. The molecule has 0 aliphatic carbocycles. The maximum Gasteiger partial charge on any atom is 0.335 e. The van der Waals surface area contributed by atoms with Gasteiger partial charge in [0.25, 0.3) is 5.91 Å². The van der Waals surface area contributed by atoms with Gasteiger partial charge < -0.3 is 19.5 Å². The highest BCUT2D eigenvalue weighted by Gasteiger charge is 2.32. The van der Waals surface area contributed by atoms with Crippen LogP contribution in [0.25, 0.3) is 17.2 Å². The second-order valence-electron chi connectivity index (χ2n) is 9.40. The van der Waals surface area contributed by atoms with Crippen LogP contribution in [0.3, 0.4) is 0 Å². The van der Waals surface area contributed by atoms with Gasteiger partial charge in [-0.2, -0.15) is 0 Å². The molecule has 1 amide bonds. The summed E-state index contributed by atoms with van der Waals surface area (Å²) in [5.41, 5.74) is 2.73. The number of thiocarbonyl (C=S) groups is 1. The van der Waals surface area contributed by atoms with E-state index in [0.29, 0.717) is 56.9 Å². The van der Waals surface area contributed by atoms with Crippen LogP contribution in [0.2, 0.25) is 10.0 Å². The number of hydrogen-bond acceptors (Lipinski definition) is 7. The first-order valence-corrected chi connectivity index (χ1v) is 14.7. The Morgan fingerprint density at radius 2 is 1.71 bits per heavy atom. The molecule has 1 saturated heterocycles. The lowest BCUT2D eigenvalue weighted by atomic mass is 10.0. The number of carbonyl (C=O) groups is 2. The van der Waals surface area contributed by atoms with E-state index in [1.807, 2.05) is 49.3 Å². The van der Waals surface area contributed by atoms with Crippen molar-refractivity contribution < 1.29 is 24.2 Å². The van der Waals surface area contributed by atoms with Crippen LogP contribution in [0.4, 0.5) is 0 Å². The van der Waals surface area contributed by atoms with Crippen molar-refractivity contribution in [2.75, 3.05) is 40.4 Å². The summed E-state index contributed by atoms with van der Waals surface area (Å²) < 4.78 is 12.2. The fourth-order valence-corrected chi connectivity index (χ4v) is 5.52. The van der Waals surface area contributed by atoms with Crippen molar-refractivity contribution in [2.24, 2.45) is 0 Å². The molecule has 3 aromatic rings. The van der Waals surface area contributed by atoms with E-state index in [2.05, 4.69) is 0 Å². The summed E-state index contributed by atoms with van der Waals surface area (Å²) in [6, 6.07) is 17.4. The van der Waals surface area contributed by atoms with Crippen molar-refractivity contribution in [2.45, 2.75) is 6.42 Å². The summed E-state index contributed by atoms with van der Waals surface area (Å²) >= 11 is 19.1. The van der Waals surface area contributed by atoms with Gasteiger partial charge >= 0.3 is 5.97 Å². The van der Waals surface area contributed by atoms with Gasteiger partial charge in [-0.15, -0.1) is 0 Å². The predicted molar refractivity (Wildman–Crippen MR) is 169 cm³/mol. The summed E-state index contributed by atoms with van der Waals surface area (Å²) in [7, 11) is 3.95. The van der Waals surface area contributed by atoms with Crippen LogP contribution in [0, 0.1) is 0 Å². The average Bonchev–Trinajstić information content (AvgIpc) is 3.20. The van der Waals surface area contributed by atoms with E-state index in [0.717, 1.165) is 23.2 Å². The SMILES string of the molecule is CN(C)CCOc1ccc(-c2ccc(Cl)c(Cl)c2)cc1/C=C1\SC(=S)N(CCCOc2ccc(C(=O)O)cc2)C1=O. The summed E-state index contributed by atoms with van der Waals surface area (Å²) in [5.74, 6) is 0.0458. The summed E-state index contributed by atoms with van der Waals surface area (Å²) in [6.07, 6.45) is 2.36. The molecule has 1 heterocycles. The largest absolute Gasteiger partial charge is 0.494 e. The Hall–Kier alpha value is -3.08. The number of thioether (sulfide) groups is 1. The Morgan fingerprint density at radius 3 is 2.39 bits per heavy atom. The first kappa shape index (κ1) is 30.9. The van der Waals surface area contributed by atoms with E-state index >= 15 is 0 Å². The Labute approximate surface area is 258 Å². The number of likely N-dealkylation sites (N-methyl/N-ethyl adjacent to an activating group) is 1. The molecule has 214 valence electrons. The highest BCUT2D eigenvalue weighted by Crippen LogP contribution is 2.37. The molecule has 1 aliphatic rings. The van der Waals surface area contributed by atoms with Gasteiger partial charge in [-0.1, -0.05) is 59.3 Å². The first-order valence-electron chi connectivity index (χ1n) is 12.7. The Balaban J connectivity index is 1.47. The molecular weight excluding hydrogens is 603 g/mol. The Kier molecular flexibility index (Phi) is 10.7. The van der Waals surface area contributed by atoms with Crippen LogP contribution in [0.1, 0.15) is 22.3 Å². The fourth-order valence-electron chi connectivity index (χ4n) is 3.93. The van der Waals surface area contributed by atoms with Crippen molar-refractivity contribution >= 4 is 69.5 Å². The van der Waals surface area contributed by atoms with E-state index < -0.39 is 5.97 Å². The number of carboxylic acid groups (broad SMARTS) is 1. The van der Waals surface area contributed by atoms with Gasteiger partial charge in [-0.25, -0.2) is 4.79 Å². The molecule has 4 rings (SSSR count). The predicted octanol–water partition coefficient (Wildman–Crippen LogP) is 6.97. The number of carboxylic acids is 1. The summed E-state index contributed by atoms with van der Waals surface area (Å²) in [4.78, 5) is 28.4. The second-order valence-corrected chi connectivity index (χ2v) is 11.9. The molecule has 0 spiro atoms. The number of amides is 1. The van der Waals surface area contributed by atoms with E-state index in [-0.39, 0.29) is 11.5 Å². The molecule has 0 unspecified atom stereocenters. The van der Waals surface area contributed by atoms with Crippen LogP contribution >= 0.6 is 47.2 Å². The molecule has 0 atom stereocenters.